The summed E-state index contributed by atoms with van der Waals surface area (Å²) in [6.07, 6.45) is 0.498. The fourth-order valence-electron chi connectivity index (χ4n) is 1.32. The average molecular weight is 208 g/mol. The van der Waals surface area contributed by atoms with Gasteiger partial charge in [0.1, 0.15) is 6.04 Å². The Morgan fingerprint density at radius 1 is 1.40 bits per heavy atom. The summed E-state index contributed by atoms with van der Waals surface area (Å²) in [5, 5.41) is 14.7. The van der Waals surface area contributed by atoms with E-state index in [4.69, 9.17) is 5.11 Å². The third-order valence-electron chi connectivity index (χ3n) is 2.11. The zero-order chi connectivity index (χ0) is 11.1. The van der Waals surface area contributed by atoms with Crippen molar-refractivity contribution in [2.75, 3.05) is 13.7 Å². The fraction of sp³-hybridized carbons (Fsp3) is 0.364. The summed E-state index contributed by atoms with van der Waals surface area (Å²) in [5.74, 6) is -0.825. The second kappa shape index (κ2) is 6.16. The molecule has 3 N–H and O–H groups in total. The Morgan fingerprint density at radius 2 is 2.07 bits per heavy atom. The van der Waals surface area contributed by atoms with E-state index in [0.29, 0.717) is 13.1 Å². The van der Waals surface area contributed by atoms with Crippen molar-refractivity contribution in [2.24, 2.45) is 0 Å². The lowest BCUT2D eigenvalue weighted by Gasteiger charge is -2.13. The van der Waals surface area contributed by atoms with E-state index in [1.807, 2.05) is 30.3 Å². The van der Waals surface area contributed by atoms with Crippen LogP contribution >= 0.6 is 0 Å². The van der Waals surface area contributed by atoms with Gasteiger partial charge in [0.15, 0.2) is 0 Å². The first-order chi connectivity index (χ1) is 7.24. The summed E-state index contributed by atoms with van der Waals surface area (Å²) in [5.41, 5.74) is 1.02. The van der Waals surface area contributed by atoms with Crippen LogP contribution in [-0.4, -0.2) is 30.8 Å². The highest BCUT2D eigenvalue weighted by Gasteiger charge is 2.16. The number of aliphatic carboxylic acids is 1. The van der Waals surface area contributed by atoms with E-state index in [9.17, 15) is 4.79 Å². The van der Waals surface area contributed by atoms with Crippen molar-refractivity contribution in [3.8, 4) is 0 Å². The van der Waals surface area contributed by atoms with Gasteiger partial charge in [-0.1, -0.05) is 30.3 Å². The molecule has 4 nitrogen and oxygen atoms in total. The van der Waals surface area contributed by atoms with Gasteiger partial charge < -0.3 is 10.4 Å². The van der Waals surface area contributed by atoms with E-state index in [1.54, 1.807) is 7.05 Å². The molecule has 0 aliphatic heterocycles. The predicted molar refractivity (Wildman–Crippen MR) is 58.6 cm³/mol. The molecule has 1 aromatic rings. The number of benzene rings is 1. The Kier molecular flexibility index (Phi) is 4.80. The maximum absolute atomic E-state index is 10.9. The minimum atomic E-state index is -0.825. The average Bonchev–Trinajstić information content (AvgIpc) is 2.25. The Hall–Kier alpha value is -1.39. The molecular formula is C11H16N2O2. The van der Waals surface area contributed by atoms with E-state index < -0.39 is 12.0 Å². The molecule has 0 unspecified atom stereocenters. The molecule has 0 heterocycles. The van der Waals surface area contributed by atoms with E-state index in [0.717, 1.165) is 5.56 Å². The van der Waals surface area contributed by atoms with Gasteiger partial charge in [-0.3, -0.25) is 10.1 Å². The summed E-state index contributed by atoms with van der Waals surface area (Å²) >= 11 is 0. The van der Waals surface area contributed by atoms with Crippen LogP contribution in [0, 0.1) is 0 Å². The number of hydrogen-bond donors (Lipinski definition) is 3. The van der Waals surface area contributed by atoms with Gasteiger partial charge in [-0.25, -0.2) is 0 Å². The predicted octanol–water partition coefficient (Wildman–Crippen LogP) is 0.449. The van der Waals surface area contributed by atoms with Gasteiger partial charge in [-0.2, -0.15) is 0 Å². The van der Waals surface area contributed by atoms with Crippen LogP contribution in [0.3, 0.4) is 0 Å². The zero-order valence-corrected chi connectivity index (χ0v) is 8.73. The van der Waals surface area contributed by atoms with Crippen molar-refractivity contribution in [2.45, 2.75) is 12.5 Å². The van der Waals surface area contributed by atoms with Gasteiger partial charge in [0.2, 0.25) is 0 Å². The largest absolute Gasteiger partial charge is 0.480 e. The van der Waals surface area contributed by atoms with Crippen molar-refractivity contribution in [1.29, 1.82) is 0 Å². The maximum Gasteiger partial charge on any atom is 0.321 e. The third kappa shape index (κ3) is 4.10. The van der Waals surface area contributed by atoms with Crippen LogP contribution in [-0.2, 0) is 11.2 Å². The molecule has 1 atom stereocenters. The second-order valence-electron chi connectivity index (χ2n) is 3.32. The summed E-state index contributed by atoms with van der Waals surface area (Å²) in [7, 11) is 1.77. The topological polar surface area (TPSA) is 61.4 Å². The molecule has 0 aliphatic carbocycles. The zero-order valence-electron chi connectivity index (χ0n) is 8.73. The molecule has 0 saturated heterocycles. The van der Waals surface area contributed by atoms with Crippen molar-refractivity contribution in [3.05, 3.63) is 35.9 Å². The minimum absolute atomic E-state index is 0.490. The van der Waals surface area contributed by atoms with E-state index in [-0.39, 0.29) is 0 Å². The molecule has 1 aromatic carbocycles. The molecule has 0 amide bonds. The van der Waals surface area contributed by atoms with Crippen LogP contribution < -0.4 is 10.6 Å². The number of rotatable bonds is 6. The Balaban J connectivity index is 2.55. The first-order valence-corrected chi connectivity index (χ1v) is 4.88. The first-order valence-electron chi connectivity index (χ1n) is 4.88. The van der Waals surface area contributed by atoms with Gasteiger partial charge >= 0.3 is 5.97 Å². The van der Waals surface area contributed by atoms with Crippen molar-refractivity contribution in [1.82, 2.24) is 10.6 Å². The molecule has 1 rings (SSSR count). The summed E-state index contributed by atoms with van der Waals surface area (Å²) in [6, 6.07) is 9.05. The van der Waals surface area contributed by atoms with Crippen LogP contribution in [0.15, 0.2) is 30.3 Å². The van der Waals surface area contributed by atoms with Crippen LogP contribution in [0.4, 0.5) is 0 Å². The van der Waals surface area contributed by atoms with Gasteiger partial charge in [0.05, 0.1) is 0 Å². The SMILES string of the molecule is CNCN[C@@H](Cc1ccccc1)C(=O)O. The van der Waals surface area contributed by atoms with E-state index in [2.05, 4.69) is 10.6 Å². The molecule has 0 fully saturated rings. The molecule has 0 aliphatic rings. The molecule has 0 bridgehead atoms. The van der Waals surface area contributed by atoms with Crippen LogP contribution in [0.1, 0.15) is 5.56 Å². The summed E-state index contributed by atoms with van der Waals surface area (Å²) in [6.45, 7) is 0.490. The number of hydrogen-bond acceptors (Lipinski definition) is 3. The number of carboxylic acids is 1. The maximum atomic E-state index is 10.9. The Morgan fingerprint density at radius 3 is 2.60 bits per heavy atom. The lowest BCUT2D eigenvalue weighted by Crippen LogP contribution is -2.42. The Labute approximate surface area is 89.3 Å². The third-order valence-corrected chi connectivity index (χ3v) is 2.11. The monoisotopic (exact) mass is 208 g/mol. The van der Waals surface area contributed by atoms with Crippen molar-refractivity contribution in [3.63, 3.8) is 0 Å². The van der Waals surface area contributed by atoms with Gasteiger partial charge in [-0.15, -0.1) is 0 Å². The van der Waals surface area contributed by atoms with Crippen LogP contribution in [0.5, 0.6) is 0 Å². The van der Waals surface area contributed by atoms with Crippen molar-refractivity contribution >= 4 is 5.97 Å². The standard InChI is InChI=1S/C11H16N2O2/c1-12-8-13-10(11(14)15)7-9-5-3-2-4-6-9/h2-6,10,12-13H,7-8H2,1H3,(H,14,15)/t10-/m0/s1. The number of carboxylic acid groups (broad SMARTS) is 1. The quantitative estimate of drug-likeness (QED) is 0.594. The van der Waals surface area contributed by atoms with E-state index >= 15 is 0 Å². The minimum Gasteiger partial charge on any atom is -0.480 e. The second-order valence-corrected chi connectivity index (χ2v) is 3.32. The smallest absolute Gasteiger partial charge is 0.321 e. The summed E-state index contributed by atoms with van der Waals surface area (Å²) in [4.78, 5) is 10.9. The van der Waals surface area contributed by atoms with Gasteiger partial charge in [0, 0.05) is 6.67 Å². The highest BCUT2D eigenvalue weighted by atomic mass is 16.4. The normalized spacial score (nSPS) is 12.3. The molecule has 0 spiro atoms. The molecule has 0 saturated carbocycles. The van der Waals surface area contributed by atoms with Gasteiger partial charge in [0.25, 0.3) is 0 Å². The van der Waals surface area contributed by atoms with E-state index in [1.165, 1.54) is 0 Å². The Bertz CT molecular complexity index is 301. The molecule has 4 heteroatoms. The number of nitrogens with one attached hydrogen (secondary N) is 2. The highest BCUT2D eigenvalue weighted by Crippen LogP contribution is 2.02. The van der Waals surface area contributed by atoms with Gasteiger partial charge in [-0.05, 0) is 19.0 Å². The molecule has 82 valence electrons. The number of carbonyl (C=O) groups is 1. The highest BCUT2D eigenvalue weighted by molar-refractivity contribution is 5.73. The summed E-state index contributed by atoms with van der Waals surface area (Å²) < 4.78 is 0. The van der Waals surface area contributed by atoms with Crippen LogP contribution in [0.2, 0.25) is 0 Å². The molecule has 0 aromatic heterocycles. The molecular weight excluding hydrogens is 192 g/mol. The molecule has 15 heavy (non-hydrogen) atoms. The molecule has 0 radical (unpaired) electrons. The lowest BCUT2D eigenvalue weighted by molar-refractivity contribution is -0.139. The van der Waals surface area contributed by atoms with Crippen molar-refractivity contribution < 1.29 is 9.90 Å². The van der Waals surface area contributed by atoms with Crippen LogP contribution in [0.25, 0.3) is 0 Å². The fourth-order valence-corrected chi connectivity index (χ4v) is 1.32. The lowest BCUT2D eigenvalue weighted by atomic mass is 10.1. The first kappa shape index (κ1) is 11.7.